The van der Waals surface area contributed by atoms with Gasteiger partial charge >= 0.3 is 11.8 Å². The molecule has 8 nitrogen and oxygen atoms in total. The van der Waals surface area contributed by atoms with Crippen LogP contribution in [0, 0.1) is 5.82 Å². The first-order valence-electron chi connectivity index (χ1n) is 9.68. The number of ether oxygens (including phenoxy) is 1. The molecule has 0 aliphatic rings. The van der Waals surface area contributed by atoms with Crippen molar-refractivity contribution in [1.82, 2.24) is 5.43 Å². The molecule has 174 valence electrons. The van der Waals surface area contributed by atoms with E-state index in [2.05, 4.69) is 37.1 Å². The van der Waals surface area contributed by atoms with E-state index in [0.29, 0.717) is 20.7 Å². The highest BCUT2D eigenvalue weighted by atomic mass is 79.9. The summed E-state index contributed by atoms with van der Waals surface area (Å²) in [5.41, 5.74) is 2.91. The Kier molecular flexibility index (Phi) is 8.72. The van der Waals surface area contributed by atoms with Gasteiger partial charge < -0.3 is 15.4 Å². The summed E-state index contributed by atoms with van der Waals surface area (Å²) in [6, 6.07) is 17.1. The average molecular weight is 548 g/mol. The van der Waals surface area contributed by atoms with Crippen molar-refractivity contribution >= 4 is 62.8 Å². The van der Waals surface area contributed by atoms with Crippen molar-refractivity contribution in [3.05, 3.63) is 87.6 Å². The summed E-state index contributed by atoms with van der Waals surface area (Å²) >= 11 is 8.99. The number of para-hydroxylation sites is 1. The monoisotopic (exact) mass is 546 g/mol. The molecule has 0 aliphatic heterocycles. The van der Waals surface area contributed by atoms with Gasteiger partial charge in [0, 0.05) is 20.7 Å². The van der Waals surface area contributed by atoms with E-state index in [1.54, 1.807) is 48.5 Å². The third kappa shape index (κ3) is 7.39. The topological polar surface area (TPSA) is 109 Å². The summed E-state index contributed by atoms with van der Waals surface area (Å²) < 4.78 is 19.9. The molecule has 0 unspecified atom stereocenters. The van der Waals surface area contributed by atoms with Crippen molar-refractivity contribution in [2.24, 2.45) is 5.10 Å². The molecule has 0 atom stereocenters. The summed E-state index contributed by atoms with van der Waals surface area (Å²) in [7, 11) is 0. The van der Waals surface area contributed by atoms with Gasteiger partial charge in [-0.15, -0.1) is 0 Å². The van der Waals surface area contributed by atoms with Crippen LogP contribution >= 0.6 is 27.5 Å². The standard InChI is InChI=1S/C23H17BrClFN4O4/c24-15-8-9-19(18(26)10-15)29-21(31)13-34-20-7-2-1-4-14(20)12-27-30-23(33)22(32)28-17-6-3-5-16(25)11-17/h1-12H,13H2,(H,28,32)(H,29,31)(H,30,33)/b27-12-. The van der Waals surface area contributed by atoms with Crippen LogP contribution in [0.3, 0.4) is 0 Å². The van der Waals surface area contributed by atoms with E-state index in [0.717, 1.165) is 0 Å². The number of hydrogen-bond acceptors (Lipinski definition) is 5. The molecule has 11 heteroatoms. The van der Waals surface area contributed by atoms with E-state index < -0.39 is 30.1 Å². The van der Waals surface area contributed by atoms with Gasteiger partial charge in [0.15, 0.2) is 6.61 Å². The highest BCUT2D eigenvalue weighted by Crippen LogP contribution is 2.20. The molecule has 0 saturated carbocycles. The maximum Gasteiger partial charge on any atom is 0.329 e. The molecule has 3 rings (SSSR count). The van der Waals surface area contributed by atoms with Gasteiger partial charge in [-0.05, 0) is 48.5 Å². The van der Waals surface area contributed by atoms with Crippen LogP contribution in [0.4, 0.5) is 15.8 Å². The van der Waals surface area contributed by atoms with Gasteiger partial charge in [-0.3, -0.25) is 14.4 Å². The number of amides is 3. The number of halogens is 3. The Bertz CT molecular complexity index is 1260. The van der Waals surface area contributed by atoms with Crippen LogP contribution in [-0.4, -0.2) is 30.5 Å². The summed E-state index contributed by atoms with van der Waals surface area (Å²) in [5, 5.41) is 8.97. The second-order valence-electron chi connectivity index (χ2n) is 6.66. The van der Waals surface area contributed by atoms with Crippen molar-refractivity contribution in [1.29, 1.82) is 0 Å². The number of hydrazone groups is 1. The van der Waals surface area contributed by atoms with Crippen LogP contribution in [0.2, 0.25) is 5.02 Å². The van der Waals surface area contributed by atoms with Gasteiger partial charge in [-0.2, -0.15) is 5.10 Å². The van der Waals surface area contributed by atoms with E-state index in [4.69, 9.17) is 16.3 Å². The Balaban J connectivity index is 1.54. The summed E-state index contributed by atoms with van der Waals surface area (Å²) in [4.78, 5) is 36.0. The SMILES string of the molecule is O=C(COc1ccccc1/C=N\NC(=O)C(=O)Nc1cccc(Cl)c1)Nc1ccc(Br)cc1F. The van der Waals surface area contributed by atoms with Crippen molar-refractivity contribution in [2.75, 3.05) is 17.2 Å². The fraction of sp³-hybridized carbons (Fsp3) is 0.0435. The third-order valence-corrected chi connectivity index (χ3v) is 4.87. The van der Waals surface area contributed by atoms with Crippen LogP contribution in [0.5, 0.6) is 5.75 Å². The average Bonchev–Trinajstić information content (AvgIpc) is 2.80. The van der Waals surface area contributed by atoms with Crippen LogP contribution in [0.15, 0.2) is 76.3 Å². The Morgan fingerprint density at radius 2 is 1.79 bits per heavy atom. The minimum atomic E-state index is -0.995. The predicted molar refractivity (Wildman–Crippen MR) is 130 cm³/mol. The molecule has 0 aliphatic carbocycles. The lowest BCUT2D eigenvalue weighted by Crippen LogP contribution is -2.32. The number of carbonyl (C=O) groups excluding carboxylic acids is 3. The van der Waals surface area contributed by atoms with Crippen molar-refractivity contribution in [3.8, 4) is 5.75 Å². The van der Waals surface area contributed by atoms with E-state index in [1.807, 2.05) is 0 Å². The van der Waals surface area contributed by atoms with Gasteiger partial charge in [0.05, 0.1) is 11.9 Å². The second-order valence-corrected chi connectivity index (χ2v) is 8.01. The first-order valence-corrected chi connectivity index (χ1v) is 10.9. The van der Waals surface area contributed by atoms with Crippen LogP contribution < -0.4 is 20.8 Å². The highest BCUT2D eigenvalue weighted by Gasteiger charge is 2.13. The molecule has 3 aromatic rings. The molecule has 0 radical (unpaired) electrons. The number of carbonyl (C=O) groups is 3. The molecule has 0 heterocycles. The lowest BCUT2D eigenvalue weighted by atomic mass is 10.2. The first kappa shape index (κ1) is 24.9. The van der Waals surface area contributed by atoms with Crippen LogP contribution in [-0.2, 0) is 14.4 Å². The maximum atomic E-state index is 13.9. The van der Waals surface area contributed by atoms with E-state index in [-0.39, 0.29) is 11.4 Å². The number of benzene rings is 3. The Labute approximate surface area is 207 Å². The molecule has 0 bridgehead atoms. The number of nitrogens with one attached hydrogen (secondary N) is 3. The van der Waals surface area contributed by atoms with Crippen molar-refractivity contribution in [3.63, 3.8) is 0 Å². The van der Waals surface area contributed by atoms with E-state index in [9.17, 15) is 18.8 Å². The molecule has 0 saturated heterocycles. The minimum Gasteiger partial charge on any atom is -0.483 e. The number of anilines is 2. The third-order valence-electron chi connectivity index (χ3n) is 4.14. The summed E-state index contributed by atoms with van der Waals surface area (Å²) in [6.07, 6.45) is 1.26. The van der Waals surface area contributed by atoms with E-state index in [1.165, 1.54) is 24.4 Å². The smallest absolute Gasteiger partial charge is 0.329 e. The lowest BCUT2D eigenvalue weighted by molar-refractivity contribution is -0.136. The molecule has 3 amide bonds. The molecule has 34 heavy (non-hydrogen) atoms. The molecule has 0 fully saturated rings. The fourth-order valence-corrected chi connectivity index (χ4v) is 3.13. The first-order chi connectivity index (χ1) is 16.3. The zero-order valence-corrected chi connectivity index (χ0v) is 19.7. The zero-order valence-electron chi connectivity index (χ0n) is 17.3. The van der Waals surface area contributed by atoms with Gasteiger partial charge in [-0.1, -0.05) is 45.7 Å². The summed E-state index contributed by atoms with van der Waals surface area (Å²) in [5.74, 6) is -2.80. The van der Waals surface area contributed by atoms with E-state index >= 15 is 0 Å². The van der Waals surface area contributed by atoms with Gasteiger partial charge in [0.1, 0.15) is 11.6 Å². The Morgan fingerprint density at radius 1 is 1.00 bits per heavy atom. The minimum absolute atomic E-state index is 0.0189. The largest absolute Gasteiger partial charge is 0.483 e. The highest BCUT2D eigenvalue weighted by molar-refractivity contribution is 9.10. The molecule has 3 N–H and O–H groups in total. The van der Waals surface area contributed by atoms with Gasteiger partial charge in [-0.25, -0.2) is 9.82 Å². The van der Waals surface area contributed by atoms with Gasteiger partial charge in [0.2, 0.25) is 0 Å². The van der Waals surface area contributed by atoms with Crippen LogP contribution in [0.1, 0.15) is 5.56 Å². The molecule has 0 aromatic heterocycles. The quantitative estimate of drug-likeness (QED) is 0.232. The number of hydrogen-bond donors (Lipinski definition) is 3. The summed E-state index contributed by atoms with van der Waals surface area (Å²) in [6.45, 7) is -0.394. The molecular formula is C23H17BrClFN4O4. The van der Waals surface area contributed by atoms with Crippen molar-refractivity contribution in [2.45, 2.75) is 0 Å². The number of rotatable bonds is 7. The fourth-order valence-electron chi connectivity index (χ4n) is 2.60. The predicted octanol–water partition coefficient (Wildman–Crippen LogP) is 4.35. The molecule has 3 aromatic carbocycles. The van der Waals surface area contributed by atoms with Gasteiger partial charge in [0.25, 0.3) is 5.91 Å². The molecule has 0 spiro atoms. The zero-order chi connectivity index (χ0) is 24.5. The second kappa shape index (κ2) is 11.9. The van der Waals surface area contributed by atoms with Crippen LogP contribution in [0.25, 0.3) is 0 Å². The normalized spacial score (nSPS) is 10.6. The number of nitrogens with zero attached hydrogens (tertiary/aromatic N) is 1. The van der Waals surface area contributed by atoms with Crippen molar-refractivity contribution < 1.29 is 23.5 Å². The Hall–Kier alpha value is -3.76. The molecular weight excluding hydrogens is 531 g/mol. The Morgan fingerprint density at radius 3 is 2.56 bits per heavy atom. The maximum absolute atomic E-state index is 13.9. The lowest BCUT2D eigenvalue weighted by Gasteiger charge is -2.10.